The Labute approximate surface area is 82.2 Å². The Balaban J connectivity index is 2.67. The van der Waals surface area contributed by atoms with Crippen LogP contribution in [-0.2, 0) is 0 Å². The molecule has 0 saturated heterocycles. The molecule has 0 bridgehead atoms. The van der Waals surface area contributed by atoms with Crippen LogP contribution < -0.4 is 5.32 Å². The van der Waals surface area contributed by atoms with Crippen molar-refractivity contribution in [1.82, 2.24) is 9.36 Å². The lowest BCUT2D eigenvalue weighted by molar-refractivity contribution is 0.219. The maximum Gasteiger partial charge on any atom is 0.203 e. The Hall–Kier alpha value is -0.680. The fourth-order valence-electron chi connectivity index (χ4n) is 0.846. The van der Waals surface area contributed by atoms with Gasteiger partial charge in [0.2, 0.25) is 5.13 Å². The highest BCUT2D eigenvalue weighted by Crippen LogP contribution is 2.19. The minimum atomic E-state index is -0.286. The number of aromatic nitrogens is 2. The second kappa shape index (κ2) is 4.02. The van der Waals surface area contributed by atoms with Crippen LogP contribution in [0.1, 0.15) is 26.1 Å². The first-order chi connectivity index (χ1) is 6.09. The van der Waals surface area contributed by atoms with E-state index in [-0.39, 0.29) is 12.1 Å². The molecule has 13 heavy (non-hydrogen) atoms. The van der Waals surface area contributed by atoms with Crippen LogP contribution in [0.25, 0.3) is 0 Å². The molecule has 4 nitrogen and oxygen atoms in total. The molecule has 5 heteroatoms. The molecule has 0 fully saturated rings. The Morgan fingerprint density at radius 3 is 2.69 bits per heavy atom. The number of aliphatic hydroxyl groups excluding tert-OH is 1. The van der Waals surface area contributed by atoms with E-state index >= 15 is 0 Å². The van der Waals surface area contributed by atoms with Gasteiger partial charge in [0, 0.05) is 11.5 Å². The number of anilines is 1. The molecule has 0 aliphatic carbocycles. The second-order valence-electron chi connectivity index (χ2n) is 3.34. The minimum Gasteiger partial charge on any atom is -0.394 e. The molecule has 0 spiro atoms. The second-order valence-corrected chi connectivity index (χ2v) is 4.10. The molecular weight excluding hydrogens is 186 g/mol. The first kappa shape index (κ1) is 10.4. The average Bonchev–Trinajstić information content (AvgIpc) is 2.51. The van der Waals surface area contributed by atoms with Crippen molar-refractivity contribution in [3.63, 3.8) is 0 Å². The third kappa shape index (κ3) is 2.63. The maximum atomic E-state index is 9.15. The first-order valence-corrected chi connectivity index (χ1v) is 5.06. The molecule has 0 aromatic carbocycles. The summed E-state index contributed by atoms with van der Waals surface area (Å²) in [5.74, 6) is 0.767. The van der Waals surface area contributed by atoms with Crippen molar-refractivity contribution in [1.29, 1.82) is 0 Å². The van der Waals surface area contributed by atoms with Gasteiger partial charge in [0.05, 0.1) is 12.1 Å². The summed E-state index contributed by atoms with van der Waals surface area (Å²) in [6.45, 7) is 5.94. The predicted octanol–water partition coefficient (Wildman–Crippen LogP) is 1.42. The third-order valence-corrected chi connectivity index (χ3v) is 2.79. The van der Waals surface area contributed by atoms with E-state index in [0.717, 1.165) is 17.4 Å². The lowest BCUT2D eigenvalue weighted by atomic mass is 10.0. The van der Waals surface area contributed by atoms with Gasteiger partial charge in [-0.25, -0.2) is 4.98 Å². The number of nitrogens with zero attached hydrogens (tertiary/aromatic N) is 2. The molecule has 74 valence electrons. The summed E-state index contributed by atoms with van der Waals surface area (Å²) in [5, 5.41) is 13.1. The third-order valence-electron chi connectivity index (χ3n) is 2.07. The summed E-state index contributed by atoms with van der Waals surface area (Å²) in [6.07, 6.45) is 0.849. The van der Waals surface area contributed by atoms with Crippen LogP contribution in [-0.4, -0.2) is 26.6 Å². The van der Waals surface area contributed by atoms with Crippen molar-refractivity contribution in [2.24, 2.45) is 0 Å². The fraction of sp³-hybridized carbons (Fsp3) is 0.750. The van der Waals surface area contributed by atoms with E-state index < -0.39 is 0 Å². The Morgan fingerprint density at radius 2 is 2.31 bits per heavy atom. The molecule has 2 N–H and O–H groups in total. The number of rotatable bonds is 4. The van der Waals surface area contributed by atoms with E-state index in [2.05, 4.69) is 14.7 Å². The number of aliphatic hydroxyl groups is 1. The Morgan fingerprint density at radius 1 is 1.62 bits per heavy atom. The largest absolute Gasteiger partial charge is 0.394 e. The molecular formula is C8H15N3OS. The molecule has 1 aromatic heterocycles. The minimum absolute atomic E-state index is 0.0993. The highest BCUT2D eigenvalue weighted by atomic mass is 32.1. The molecule has 1 heterocycles. The number of hydrogen-bond donors (Lipinski definition) is 2. The van der Waals surface area contributed by atoms with E-state index in [0.29, 0.717) is 0 Å². The topological polar surface area (TPSA) is 58.0 Å². The van der Waals surface area contributed by atoms with Crippen LogP contribution in [0.4, 0.5) is 5.13 Å². The summed E-state index contributed by atoms with van der Waals surface area (Å²) in [4.78, 5) is 4.18. The van der Waals surface area contributed by atoms with E-state index in [1.807, 2.05) is 20.8 Å². The van der Waals surface area contributed by atoms with Crippen molar-refractivity contribution in [2.75, 3.05) is 11.9 Å². The highest BCUT2D eigenvalue weighted by Gasteiger charge is 2.21. The Bertz CT molecular complexity index is 270. The molecule has 0 aliphatic rings. The maximum absolute atomic E-state index is 9.15. The SMILES string of the molecule is CCC(C)(CO)Nc1nc(C)ns1. The van der Waals surface area contributed by atoms with Crippen molar-refractivity contribution in [3.05, 3.63) is 5.82 Å². The van der Waals surface area contributed by atoms with Gasteiger partial charge in [-0.2, -0.15) is 4.37 Å². The summed E-state index contributed by atoms with van der Waals surface area (Å²) < 4.78 is 4.06. The quantitative estimate of drug-likeness (QED) is 0.773. The standard InChI is InChI=1S/C8H15N3OS/c1-4-8(3,5-12)10-7-9-6(2)11-13-7/h12H,4-5H2,1-3H3,(H,9,10,11). The van der Waals surface area contributed by atoms with Crippen LogP contribution >= 0.6 is 11.5 Å². The summed E-state index contributed by atoms with van der Waals surface area (Å²) in [7, 11) is 0. The van der Waals surface area contributed by atoms with Crippen molar-refractivity contribution in [2.45, 2.75) is 32.7 Å². The van der Waals surface area contributed by atoms with Crippen LogP contribution in [0.3, 0.4) is 0 Å². The van der Waals surface area contributed by atoms with E-state index in [9.17, 15) is 0 Å². The lowest BCUT2D eigenvalue weighted by Gasteiger charge is -2.26. The van der Waals surface area contributed by atoms with Gasteiger partial charge >= 0.3 is 0 Å². The van der Waals surface area contributed by atoms with Gasteiger partial charge in [-0.05, 0) is 20.3 Å². The molecule has 1 unspecified atom stereocenters. The van der Waals surface area contributed by atoms with Crippen LogP contribution in [0.2, 0.25) is 0 Å². The summed E-state index contributed by atoms with van der Waals surface area (Å²) >= 11 is 1.32. The van der Waals surface area contributed by atoms with Crippen molar-refractivity contribution < 1.29 is 5.11 Å². The van der Waals surface area contributed by atoms with Gasteiger partial charge in [0.15, 0.2) is 0 Å². The normalized spacial score (nSPS) is 15.4. The van der Waals surface area contributed by atoms with E-state index in [1.54, 1.807) is 0 Å². The van der Waals surface area contributed by atoms with Gasteiger partial charge in [-0.3, -0.25) is 0 Å². The first-order valence-electron chi connectivity index (χ1n) is 4.29. The van der Waals surface area contributed by atoms with Crippen molar-refractivity contribution in [3.8, 4) is 0 Å². The summed E-state index contributed by atoms with van der Waals surface area (Å²) in [6, 6.07) is 0. The van der Waals surface area contributed by atoms with Gasteiger partial charge in [-0.1, -0.05) is 6.92 Å². The zero-order chi connectivity index (χ0) is 9.90. The zero-order valence-corrected chi connectivity index (χ0v) is 8.98. The summed E-state index contributed by atoms with van der Waals surface area (Å²) in [5.41, 5.74) is -0.286. The zero-order valence-electron chi connectivity index (χ0n) is 8.16. The molecule has 0 amide bonds. The lowest BCUT2D eigenvalue weighted by Crippen LogP contribution is -2.37. The number of hydrogen-bond acceptors (Lipinski definition) is 5. The van der Waals surface area contributed by atoms with Gasteiger partial charge in [0.1, 0.15) is 5.82 Å². The van der Waals surface area contributed by atoms with E-state index in [4.69, 9.17) is 5.11 Å². The van der Waals surface area contributed by atoms with Gasteiger partial charge in [-0.15, -0.1) is 0 Å². The smallest absolute Gasteiger partial charge is 0.203 e. The van der Waals surface area contributed by atoms with Gasteiger partial charge in [0.25, 0.3) is 0 Å². The molecule has 0 saturated carbocycles. The fourth-order valence-corrected chi connectivity index (χ4v) is 1.57. The number of nitrogens with one attached hydrogen (secondary N) is 1. The highest BCUT2D eigenvalue weighted by molar-refractivity contribution is 7.09. The molecule has 1 atom stereocenters. The number of aryl methyl sites for hydroxylation is 1. The van der Waals surface area contributed by atoms with E-state index in [1.165, 1.54) is 11.5 Å². The Kier molecular flexibility index (Phi) is 3.22. The monoisotopic (exact) mass is 201 g/mol. The molecule has 1 rings (SSSR count). The molecule has 0 aliphatic heterocycles. The van der Waals surface area contributed by atoms with Crippen LogP contribution in [0.5, 0.6) is 0 Å². The molecule has 0 radical (unpaired) electrons. The van der Waals surface area contributed by atoms with Crippen LogP contribution in [0.15, 0.2) is 0 Å². The van der Waals surface area contributed by atoms with Gasteiger partial charge < -0.3 is 10.4 Å². The molecule has 1 aromatic rings. The predicted molar refractivity (Wildman–Crippen MR) is 54.1 cm³/mol. The van der Waals surface area contributed by atoms with Crippen LogP contribution in [0, 0.1) is 6.92 Å². The van der Waals surface area contributed by atoms with Crippen molar-refractivity contribution >= 4 is 16.7 Å². The average molecular weight is 201 g/mol.